The Hall–Kier alpha value is -2.26. The van der Waals surface area contributed by atoms with Gasteiger partial charge in [-0.3, -0.25) is 4.79 Å². The molecule has 1 saturated heterocycles. The highest BCUT2D eigenvalue weighted by Gasteiger charge is 2.26. The minimum absolute atomic E-state index is 0.0985. The van der Waals surface area contributed by atoms with Gasteiger partial charge in [-0.25, -0.2) is 8.42 Å². The van der Waals surface area contributed by atoms with Crippen molar-refractivity contribution in [1.29, 1.82) is 0 Å². The number of carbonyl (C=O) groups is 1. The predicted molar refractivity (Wildman–Crippen MR) is 110 cm³/mol. The number of aryl methyl sites for hydroxylation is 1. The molecule has 1 amide bonds. The molecule has 156 valence electrons. The van der Waals surface area contributed by atoms with E-state index in [0.717, 1.165) is 16.8 Å². The molecular weight excluding hydrogens is 392 g/mol. The number of amides is 1. The number of nitrogens with zero attached hydrogens (tertiary/aromatic N) is 1. The van der Waals surface area contributed by atoms with E-state index < -0.39 is 10.0 Å². The predicted octanol–water partition coefficient (Wildman–Crippen LogP) is 2.43. The van der Waals surface area contributed by atoms with Crippen molar-refractivity contribution in [3.05, 3.63) is 59.7 Å². The van der Waals surface area contributed by atoms with Gasteiger partial charge in [-0.2, -0.15) is 4.31 Å². The third-order valence-corrected chi connectivity index (χ3v) is 6.68. The van der Waals surface area contributed by atoms with Crippen LogP contribution in [-0.4, -0.2) is 52.0 Å². The Morgan fingerprint density at radius 3 is 2.48 bits per heavy atom. The Balaban J connectivity index is 1.57. The summed E-state index contributed by atoms with van der Waals surface area (Å²) >= 11 is 0. The highest BCUT2D eigenvalue weighted by molar-refractivity contribution is 7.89. The molecule has 2 aromatic rings. The van der Waals surface area contributed by atoms with Gasteiger partial charge in [-0.1, -0.05) is 30.3 Å². The number of ether oxygens (including phenoxy) is 2. The summed E-state index contributed by atoms with van der Waals surface area (Å²) in [6, 6.07) is 14.3. The molecule has 0 bridgehead atoms. The summed E-state index contributed by atoms with van der Waals surface area (Å²) in [5, 5.41) is 2.91. The number of anilines is 1. The lowest BCUT2D eigenvalue weighted by atomic mass is 10.1. The SMILES string of the molecule is COCc1ccccc1NC(=O)CCc1ccc(S(=O)(=O)N2CCOCC2)cc1. The van der Waals surface area contributed by atoms with Crippen molar-refractivity contribution in [2.24, 2.45) is 0 Å². The first kappa shape index (κ1) is 21.4. The Labute approximate surface area is 171 Å². The lowest BCUT2D eigenvalue weighted by Crippen LogP contribution is -2.40. The molecule has 3 rings (SSSR count). The summed E-state index contributed by atoms with van der Waals surface area (Å²) in [6.07, 6.45) is 0.826. The molecule has 0 spiro atoms. The van der Waals surface area contributed by atoms with E-state index in [1.54, 1.807) is 31.4 Å². The average molecular weight is 419 g/mol. The smallest absolute Gasteiger partial charge is 0.243 e. The number of rotatable bonds is 8. The van der Waals surface area contributed by atoms with Gasteiger partial charge < -0.3 is 14.8 Å². The Morgan fingerprint density at radius 2 is 1.79 bits per heavy atom. The fourth-order valence-electron chi connectivity index (χ4n) is 3.16. The summed E-state index contributed by atoms with van der Waals surface area (Å²) in [5.74, 6) is -0.0985. The Bertz CT molecular complexity index is 922. The van der Waals surface area contributed by atoms with Crippen LogP contribution in [0.1, 0.15) is 17.5 Å². The van der Waals surface area contributed by atoms with E-state index in [4.69, 9.17) is 9.47 Å². The van der Waals surface area contributed by atoms with Crippen molar-refractivity contribution in [2.75, 3.05) is 38.7 Å². The minimum Gasteiger partial charge on any atom is -0.380 e. The van der Waals surface area contributed by atoms with Crippen LogP contribution in [-0.2, 0) is 37.3 Å². The largest absolute Gasteiger partial charge is 0.380 e. The summed E-state index contributed by atoms with van der Waals surface area (Å²) in [7, 11) is -1.89. The van der Waals surface area contributed by atoms with Crippen LogP contribution in [0.15, 0.2) is 53.4 Å². The van der Waals surface area contributed by atoms with Crippen molar-refractivity contribution >= 4 is 21.6 Å². The zero-order valence-electron chi connectivity index (χ0n) is 16.5. The van der Waals surface area contributed by atoms with Gasteiger partial charge in [0.2, 0.25) is 15.9 Å². The molecule has 1 fully saturated rings. The molecule has 0 radical (unpaired) electrons. The van der Waals surface area contributed by atoms with Gasteiger partial charge >= 0.3 is 0 Å². The number of hydrogen-bond acceptors (Lipinski definition) is 5. The van der Waals surface area contributed by atoms with Crippen LogP contribution < -0.4 is 5.32 Å². The second-order valence-electron chi connectivity index (χ2n) is 6.80. The molecule has 0 aromatic heterocycles. The molecular formula is C21H26N2O5S. The summed E-state index contributed by atoms with van der Waals surface area (Å²) in [5.41, 5.74) is 2.57. The lowest BCUT2D eigenvalue weighted by Gasteiger charge is -2.26. The van der Waals surface area contributed by atoms with Gasteiger partial charge in [-0.05, 0) is 30.2 Å². The van der Waals surface area contributed by atoms with Gasteiger partial charge in [0, 0.05) is 37.9 Å². The van der Waals surface area contributed by atoms with Crippen molar-refractivity contribution in [1.82, 2.24) is 4.31 Å². The van der Waals surface area contributed by atoms with Gasteiger partial charge in [0.05, 0.1) is 24.7 Å². The fraction of sp³-hybridized carbons (Fsp3) is 0.381. The number of carbonyl (C=O) groups excluding carboxylic acids is 1. The highest BCUT2D eigenvalue weighted by atomic mass is 32.2. The zero-order valence-corrected chi connectivity index (χ0v) is 17.3. The van der Waals surface area contributed by atoms with Crippen LogP contribution in [0, 0.1) is 0 Å². The quantitative estimate of drug-likeness (QED) is 0.712. The molecule has 1 aliphatic rings. The lowest BCUT2D eigenvalue weighted by molar-refractivity contribution is -0.116. The zero-order chi connectivity index (χ0) is 20.7. The maximum atomic E-state index is 12.6. The first-order chi connectivity index (χ1) is 14.0. The van der Waals surface area contributed by atoms with Crippen molar-refractivity contribution in [3.63, 3.8) is 0 Å². The Morgan fingerprint density at radius 1 is 1.10 bits per heavy atom. The number of sulfonamides is 1. The number of nitrogens with one attached hydrogen (secondary N) is 1. The van der Waals surface area contributed by atoms with Gasteiger partial charge in [0.1, 0.15) is 0 Å². The fourth-order valence-corrected chi connectivity index (χ4v) is 4.57. The van der Waals surface area contributed by atoms with E-state index in [1.165, 1.54) is 4.31 Å². The number of methoxy groups -OCH3 is 1. The summed E-state index contributed by atoms with van der Waals surface area (Å²) < 4.78 is 37.1. The number of hydrogen-bond donors (Lipinski definition) is 1. The van der Waals surface area contributed by atoms with Crippen LogP contribution in [0.2, 0.25) is 0 Å². The first-order valence-corrected chi connectivity index (χ1v) is 11.0. The first-order valence-electron chi connectivity index (χ1n) is 9.54. The minimum atomic E-state index is -3.50. The van der Waals surface area contributed by atoms with E-state index in [-0.39, 0.29) is 10.8 Å². The molecule has 1 N–H and O–H groups in total. The molecule has 8 heteroatoms. The van der Waals surface area contributed by atoms with Crippen molar-refractivity contribution in [2.45, 2.75) is 24.3 Å². The molecule has 2 aromatic carbocycles. The number of benzene rings is 2. The third-order valence-electron chi connectivity index (χ3n) is 4.76. The van der Waals surface area contributed by atoms with Gasteiger partial charge in [0.15, 0.2) is 0 Å². The number of para-hydroxylation sites is 1. The molecule has 7 nitrogen and oxygen atoms in total. The van der Waals surface area contributed by atoms with Crippen molar-refractivity contribution in [3.8, 4) is 0 Å². The standard InChI is InChI=1S/C21H26N2O5S/c1-27-16-18-4-2-3-5-20(18)22-21(24)11-8-17-6-9-19(10-7-17)29(25,26)23-12-14-28-15-13-23/h2-7,9-10H,8,11-16H2,1H3,(H,22,24). The second kappa shape index (κ2) is 9.98. The van der Waals surface area contributed by atoms with Crippen molar-refractivity contribution < 1.29 is 22.7 Å². The molecule has 29 heavy (non-hydrogen) atoms. The van der Waals surface area contributed by atoms with E-state index in [9.17, 15) is 13.2 Å². The van der Waals surface area contributed by atoms with Crippen LogP contribution in [0.25, 0.3) is 0 Å². The number of morpholine rings is 1. The highest BCUT2D eigenvalue weighted by Crippen LogP contribution is 2.19. The molecule has 0 saturated carbocycles. The van der Waals surface area contributed by atoms with Gasteiger partial charge in [-0.15, -0.1) is 0 Å². The molecule has 0 unspecified atom stereocenters. The van der Waals surface area contributed by atoms with E-state index in [0.29, 0.717) is 45.8 Å². The van der Waals surface area contributed by atoms with E-state index >= 15 is 0 Å². The van der Waals surface area contributed by atoms with Crippen LogP contribution in [0.3, 0.4) is 0 Å². The topological polar surface area (TPSA) is 84.9 Å². The monoisotopic (exact) mass is 418 g/mol. The van der Waals surface area contributed by atoms with Crippen LogP contribution in [0.5, 0.6) is 0 Å². The average Bonchev–Trinajstić information content (AvgIpc) is 2.75. The molecule has 0 atom stereocenters. The summed E-state index contributed by atoms with van der Waals surface area (Å²) in [6.45, 7) is 2.00. The molecule has 1 aliphatic heterocycles. The van der Waals surface area contributed by atoms with Gasteiger partial charge in [0.25, 0.3) is 0 Å². The van der Waals surface area contributed by atoms with Crippen LogP contribution >= 0.6 is 0 Å². The molecule has 0 aliphatic carbocycles. The van der Waals surface area contributed by atoms with E-state index in [1.807, 2.05) is 24.3 Å². The second-order valence-corrected chi connectivity index (χ2v) is 8.74. The maximum absolute atomic E-state index is 12.6. The normalized spacial score (nSPS) is 15.2. The third kappa shape index (κ3) is 5.63. The van der Waals surface area contributed by atoms with E-state index in [2.05, 4.69) is 5.32 Å². The molecule has 1 heterocycles. The Kier molecular flexibility index (Phi) is 7.38. The maximum Gasteiger partial charge on any atom is 0.243 e. The summed E-state index contributed by atoms with van der Waals surface area (Å²) in [4.78, 5) is 12.6. The van der Waals surface area contributed by atoms with Crippen LogP contribution in [0.4, 0.5) is 5.69 Å².